The Balaban J connectivity index is 2.09. The van der Waals surface area contributed by atoms with Gasteiger partial charge in [0.25, 0.3) is 5.69 Å². The molecule has 0 N–H and O–H groups in total. The Hall–Kier alpha value is -3.55. The molecule has 0 aliphatic rings. The second kappa shape index (κ2) is 7.14. The molecule has 0 fully saturated rings. The van der Waals surface area contributed by atoms with Gasteiger partial charge in [-0.3, -0.25) is 14.7 Å². The Kier molecular flexibility index (Phi) is 4.74. The molecule has 3 rings (SSSR count). The van der Waals surface area contributed by atoms with Gasteiger partial charge in [-0.25, -0.2) is 4.98 Å². The first-order valence-electron chi connectivity index (χ1n) is 7.66. The number of ether oxygens (including phenoxy) is 3. The Morgan fingerprint density at radius 3 is 2.12 bits per heavy atom. The van der Waals surface area contributed by atoms with Crippen molar-refractivity contribution >= 4 is 5.69 Å². The summed E-state index contributed by atoms with van der Waals surface area (Å²) in [6, 6.07) is 9.90. The standard InChI is InChI=1S/C18H17N3O5/c1-24-16-8-14(9-17(25-2)18(16)26-3)20-11-19-10-15(20)12-4-6-13(7-5-12)21(22)23/h4-11H,1-3H3. The molecule has 0 amide bonds. The zero-order chi connectivity index (χ0) is 18.7. The third kappa shape index (κ3) is 3.04. The van der Waals surface area contributed by atoms with Crippen LogP contribution in [0.1, 0.15) is 0 Å². The van der Waals surface area contributed by atoms with Crippen LogP contribution in [0.4, 0.5) is 5.69 Å². The minimum absolute atomic E-state index is 0.0348. The number of non-ortho nitro benzene ring substituents is 1. The third-order valence-corrected chi connectivity index (χ3v) is 3.94. The number of nitro benzene ring substituents is 1. The van der Waals surface area contributed by atoms with Crippen LogP contribution in [0.15, 0.2) is 48.9 Å². The number of nitro groups is 1. The maximum absolute atomic E-state index is 10.8. The van der Waals surface area contributed by atoms with Gasteiger partial charge in [0, 0.05) is 29.8 Å². The highest BCUT2D eigenvalue weighted by Crippen LogP contribution is 2.40. The number of methoxy groups -OCH3 is 3. The first kappa shape index (κ1) is 17.3. The molecule has 0 atom stereocenters. The maximum atomic E-state index is 10.8. The largest absolute Gasteiger partial charge is 0.493 e. The lowest BCUT2D eigenvalue weighted by molar-refractivity contribution is -0.384. The highest BCUT2D eigenvalue weighted by molar-refractivity contribution is 5.66. The average molecular weight is 355 g/mol. The molecule has 26 heavy (non-hydrogen) atoms. The maximum Gasteiger partial charge on any atom is 0.269 e. The van der Waals surface area contributed by atoms with Gasteiger partial charge >= 0.3 is 0 Å². The summed E-state index contributed by atoms with van der Waals surface area (Å²) >= 11 is 0. The summed E-state index contributed by atoms with van der Waals surface area (Å²) in [6.07, 6.45) is 3.34. The second-order valence-corrected chi connectivity index (χ2v) is 5.34. The van der Waals surface area contributed by atoms with Gasteiger partial charge in [-0.1, -0.05) is 0 Å². The fraction of sp³-hybridized carbons (Fsp3) is 0.167. The van der Waals surface area contributed by atoms with Crippen molar-refractivity contribution in [1.29, 1.82) is 0 Å². The Bertz CT molecular complexity index is 909. The lowest BCUT2D eigenvalue weighted by atomic mass is 10.1. The van der Waals surface area contributed by atoms with Crippen LogP contribution >= 0.6 is 0 Å². The SMILES string of the molecule is COc1cc(-n2cncc2-c2ccc([N+](=O)[O-])cc2)cc(OC)c1OC. The zero-order valence-corrected chi connectivity index (χ0v) is 14.5. The predicted molar refractivity (Wildman–Crippen MR) is 95.3 cm³/mol. The van der Waals surface area contributed by atoms with E-state index in [1.54, 1.807) is 58.1 Å². The Morgan fingerprint density at radius 2 is 1.62 bits per heavy atom. The summed E-state index contributed by atoms with van der Waals surface area (Å²) < 4.78 is 18.0. The lowest BCUT2D eigenvalue weighted by Gasteiger charge is -2.15. The monoisotopic (exact) mass is 355 g/mol. The fourth-order valence-electron chi connectivity index (χ4n) is 2.67. The van der Waals surface area contributed by atoms with Gasteiger partial charge in [0.05, 0.1) is 50.2 Å². The molecule has 0 aliphatic heterocycles. The van der Waals surface area contributed by atoms with Crippen LogP contribution in [0.3, 0.4) is 0 Å². The summed E-state index contributed by atoms with van der Waals surface area (Å²) in [6.45, 7) is 0. The number of hydrogen-bond donors (Lipinski definition) is 0. The van der Waals surface area contributed by atoms with Crippen LogP contribution in [0.2, 0.25) is 0 Å². The topological polar surface area (TPSA) is 88.7 Å². The average Bonchev–Trinajstić information content (AvgIpc) is 3.16. The molecule has 0 radical (unpaired) electrons. The molecule has 3 aromatic rings. The normalized spacial score (nSPS) is 10.4. The molecule has 2 aromatic carbocycles. The molecular weight excluding hydrogens is 338 g/mol. The minimum Gasteiger partial charge on any atom is -0.493 e. The van der Waals surface area contributed by atoms with Crippen molar-refractivity contribution in [3.8, 4) is 34.2 Å². The molecule has 0 saturated heterocycles. The first-order valence-corrected chi connectivity index (χ1v) is 7.66. The van der Waals surface area contributed by atoms with E-state index in [1.165, 1.54) is 12.1 Å². The van der Waals surface area contributed by atoms with E-state index in [0.717, 1.165) is 16.9 Å². The summed E-state index contributed by atoms with van der Waals surface area (Å²) in [5.41, 5.74) is 2.36. The van der Waals surface area contributed by atoms with Crippen LogP contribution in [0, 0.1) is 10.1 Å². The predicted octanol–water partition coefficient (Wildman–Crippen LogP) is 3.47. The van der Waals surface area contributed by atoms with Crippen molar-refractivity contribution < 1.29 is 19.1 Å². The molecule has 0 unspecified atom stereocenters. The molecule has 8 heteroatoms. The molecule has 8 nitrogen and oxygen atoms in total. The summed E-state index contributed by atoms with van der Waals surface area (Å²) in [7, 11) is 4.64. The second-order valence-electron chi connectivity index (χ2n) is 5.34. The summed E-state index contributed by atoms with van der Waals surface area (Å²) in [5, 5.41) is 10.8. The summed E-state index contributed by atoms with van der Waals surface area (Å²) in [5.74, 6) is 1.53. The number of aromatic nitrogens is 2. The number of imidazole rings is 1. The minimum atomic E-state index is -0.430. The van der Waals surface area contributed by atoms with Gasteiger partial charge < -0.3 is 14.2 Å². The molecule has 1 heterocycles. The van der Waals surface area contributed by atoms with E-state index >= 15 is 0 Å². The number of hydrogen-bond acceptors (Lipinski definition) is 6. The summed E-state index contributed by atoms with van der Waals surface area (Å²) in [4.78, 5) is 14.6. The van der Waals surface area contributed by atoms with Crippen LogP contribution in [0.5, 0.6) is 17.2 Å². The highest BCUT2D eigenvalue weighted by atomic mass is 16.6. The van der Waals surface area contributed by atoms with Gasteiger partial charge in [0.2, 0.25) is 5.75 Å². The quantitative estimate of drug-likeness (QED) is 0.497. The van der Waals surface area contributed by atoms with Gasteiger partial charge in [0.1, 0.15) is 0 Å². The van der Waals surface area contributed by atoms with Gasteiger partial charge in [-0.05, 0) is 12.1 Å². The van der Waals surface area contributed by atoms with Crippen molar-refractivity contribution in [1.82, 2.24) is 9.55 Å². The highest BCUT2D eigenvalue weighted by Gasteiger charge is 2.16. The van der Waals surface area contributed by atoms with E-state index in [1.807, 2.05) is 4.57 Å². The molecule has 0 aliphatic carbocycles. The van der Waals surface area contributed by atoms with Gasteiger partial charge in [-0.2, -0.15) is 0 Å². The van der Waals surface area contributed by atoms with Crippen LogP contribution < -0.4 is 14.2 Å². The zero-order valence-electron chi connectivity index (χ0n) is 14.5. The van der Waals surface area contributed by atoms with Crippen molar-refractivity contribution in [3.63, 3.8) is 0 Å². The van der Waals surface area contributed by atoms with Crippen molar-refractivity contribution in [2.24, 2.45) is 0 Å². The van der Waals surface area contributed by atoms with Gasteiger partial charge in [-0.15, -0.1) is 0 Å². The van der Waals surface area contributed by atoms with Gasteiger partial charge in [0.15, 0.2) is 11.5 Å². The molecule has 1 aromatic heterocycles. The number of nitrogens with zero attached hydrogens (tertiary/aromatic N) is 3. The van der Waals surface area contributed by atoms with Crippen molar-refractivity contribution in [2.75, 3.05) is 21.3 Å². The number of benzene rings is 2. The van der Waals surface area contributed by atoms with E-state index in [0.29, 0.717) is 17.2 Å². The van der Waals surface area contributed by atoms with Crippen molar-refractivity contribution in [2.45, 2.75) is 0 Å². The molecule has 134 valence electrons. The van der Waals surface area contributed by atoms with Crippen molar-refractivity contribution in [3.05, 3.63) is 59.0 Å². The van der Waals surface area contributed by atoms with E-state index < -0.39 is 4.92 Å². The molecule has 0 spiro atoms. The first-order chi connectivity index (χ1) is 12.6. The molecule has 0 bridgehead atoms. The Morgan fingerprint density at radius 1 is 1.00 bits per heavy atom. The van der Waals surface area contributed by atoms with Crippen LogP contribution in [-0.4, -0.2) is 35.8 Å². The third-order valence-electron chi connectivity index (χ3n) is 3.94. The molecular formula is C18H17N3O5. The molecule has 0 saturated carbocycles. The Labute approximate surface area is 149 Å². The van der Waals surface area contributed by atoms with E-state index in [9.17, 15) is 10.1 Å². The smallest absolute Gasteiger partial charge is 0.269 e. The van der Waals surface area contributed by atoms with E-state index in [4.69, 9.17) is 14.2 Å². The van der Waals surface area contributed by atoms with E-state index in [2.05, 4.69) is 4.98 Å². The lowest BCUT2D eigenvalue weighted by Crippen LogP contribution is -2.00. The number of rotatable bonds is 6. The van der Waals surface area contributed by atoms with Crippen LogP contribution in [0.25, 0.3) is 16.9 Å². The van der Waals surface area contributed by atoms with Crippen LogP contribution in [-0.2, 0) is 0 Å². The fourth-order valence-corrected chi connectivity index (χ4v) is 2.67. The van der Waals surface area contributed by atoms with E-state index in [-0.39, 0.29) is 5.69 Å².